The van der Waals surface area contributed by atoms with Crippen LogP contribution in [-0.2, 0) is 4.74 Å². The Kier molecular flexibility index (Phi) is 4.77. The third-order valence-corrected chi connectivity index (χ3v) is 4.88. The molecule has 0 saturated carbocycles. The predicted molar refractivity (Wildman–Crippen MR) is 83.9 cm³/mol. The number of thiazole rings is 1. The van der Waals surface area contributed by atoms with Gasteiger partial charge in [0.15, 0.2) is 10.8 Å². The Labute approximate surface area is 126 Å². The van der Waals surface area contributed by atoms with E-state index in [4.69, 9.17) is 4.74 Å². The first kappa shape index (κ1) is 15.0. The average Bonchev–Trinajstić information content (AvgIpc) is 2.96. The summed E-state index contributed by atoms with van der Waals surface area (Å²) in [6.07, 6.45) is 0. The van der Waals surface area contributed by atoms with Crippen LogP contribution in [-0.4, -0.2) is 17.6 Å². The SMILES string of the molecule is CCOC(=O)c1nc(NC(C)c2ccc(C)s2)sc1C. The molecule has 1 atom stereocenters. The number of ether oxygens (including phenoxy) is 1. The van der Waals surface area contributed by atoms with E-state index in [9.17, 15) is 4.79 Å². The zero-order chi connectivity index (χ0) is 14.7. The van der Waals surface area contributed by atoms with E-state index in [1.165, 1.54) is 21.1 Å². The Hall–Kier alpha value is -1.40. The number of nitrogens with zero attached hydrogens (tertiary/aromatic N) is 1. The first-order valence-corrected chi connectivity index (χ1v) is 8.12. The number of esters is 1. The lowest BCUT2D eigenvalue weighted by Gasteiger charge is -2.10. The summed E-state index contributed by atoms with van der Waals surface area (Å²) in [5.74, 6) is -0.353. The van der Waals surface area contributed by atoms with Crippen molar-refractivity contribution in [2.45, 2.75) is 33.7 Å². The summed E-state index contributed by atoms with van der Waals surface area (Å²) in [7, 11) is 0. The fraction of sp³-hybridized carbons (Fsp3) is 0.429. The van der Waals surface area contributed by atoms with Gasteiger partial charge in [0.25, 0.3) is 0 Å². The molecule has 0 spiro atoms. The molecule has 2 rings (SSSR count). The normalized spacial score (nSPS) is 12.2. The van der Waals surface area contributed by atoms with Crippen molar-refractivity contribution in [3.05, 3.63) is 32.5 Å². The van der Waals surface area contributed by atoms with E-state index < -0.39 is 0 Å². The number of aryl methyl sites for hydroxylation is 2. The average molecular weight is 310 g/mol. The molecule has 20 heavy (non-hydrogen) atoms. The molecule has 0 fully saturated rings. The van der Waals surface area contributed by atoms with Crippen LogP contribution in [0.1, 0.15) is 45.0 Å². The molecule has 0 amide bonds. The molecule has 108 valence electrons. The second-order valence-electron chi connectivity index (χ2n) is 4.46. The first-order chi connectivity index (χ1) is 9.51. The molecule has 6 heteroatoms. The van der Waals surface area contributed by atoms with Crippen LogP contribution in [0, 0.1) is 13.8 Å². The number of aromatic nitrogens is 1. The summed E-state index contributed by atoms with van der Waals surface area (Å²) in [5, 5.41) is 4.09. The van der Waals surface area contributed by atoms with Gasteiger partial charge in [-0.2, -0.15) is 0 Å². The Morgan fingerprint density at radius 1 is 1.40 bits per heavy atom. The van der Waals surface area contributed by atoms with Gasteiger partial charge in [-0.15, -0.1) is 22.7 Å². The van der Waals surface area contributed by atoms with Gasteiger partial charge in [-0.1, -0.05) is 0 Å². The van der Waals surface area contributed by atoms with Crippen LogP contribution in [0.4, 0.5) is 5.13 Å². The maximum Gasteiger partial charge on any atom is 0.358 e. The van der Waals surface area contributed by atoms with Gasteiger partial charge in [0.05, 0.1) is 12.6 Å². The first-order valence-electron chi connectivity index (χ1n) is 6.48. The lowest BCUT2D eigenvalue weighted by molar-refractivity contribution is 0.0519. The number of carbonyl (C=O) groups excluding carboxylic acids is 1. The van der Waals surface area contributed by atoms with E-state index in [-0.39, 0.29) is 12.0 Å². The van der Waals surface area contributed by atoms with Crippen LogP contribution < -0.4 is 5.32 Å². The maximum absolute atomic E-state index is 11.7. The topological polar surface area (TPSA) is 51.2 Å². The van der Waals surface area contributed by atoms with E-state index in [1.807, 2.05) is 6.92 Å². The summed E-state index contributed by atoms with van der Waals surface area (Å²) in [5.41, 5.74) is 0.411. The zero-order valence-corrected chi connectivity index (χ0v) is 13.7. The third-order valence-electron chi connectivity index (χ3n) is 2.79. The van der Waals surface area contributed by atoms with Crippen molar-refractivity contribution < 1.29 is 9.53 Å². The number of hydrogen-bond donors (Lipinski definition) is 1. The summed E-state index contributed by atoms with van der Waals surface area (Å²) in [6.45, 7) is 8.22. The molecular formula is C14H18N2O2S2. The number of hydrogen-bond acceptors (Lipinski definition) is 6. The van der Waals surface area contributed by atoms with Gasteiger partial charge in [-0.25, -0.2) is 9.78 Å². The smallest absolute Gasteiger partial charge is 0.358 e. The molecule has 0 aliphatic carbocycles. The van der Waals surface area contributed by atoms with Crippen molar-refractivity contribution in [2.24, 2.45) is 0 Å². The molecule has 2 aromatic heterocycles. The summed E-state index contributed by atoms with van der Waals surface area (Å²) >= 11 is 3.24. The van der Waals surface area contributed by atoms with E-state index in [0.29, 0.717) is 12.3 Å². The molecule has 0 aliphatic rings. The van der Waals surface area contributed by atoms with E-state index >= 15 is 0 Å². The van der Waals surface area contributed by atoms with Gasteiger partial charge in [0.1, 0.15) is 0 Å². The van der Waals surface area contributed by atoms with Gasteiger partial charge in [0, 0.05) is 14.6 Å². The van der Waals surface area contributed by atoms with Gasteiger partial charge in [-0.05, 0) is 39.8 Å². The van der Waals surface area contributed by atoms with Crippen LogP contribution in [0.2, 0.25) is 0 Å². The van der Waals surface area contributed by atoms with Crippen LogP contribution in [0.5, 0.6) is 0 Å². The maximum atomic E-state index is 11.7. The highest BCUT2D eigenvalue weighted by atomic mass is 32.1. The predicted octanol–water partition coefficient (Wildman–Crippen LogP) is 4.17. The third kappa shape index (κ3) is 3.37. The number of anilines is 1. The minimum absolute atomic E-state index is 0.175. The Morgan fingerprint density at radius 3 is 2.75 bits per heavy atom. The fourth-order valence-corrected chi connectivity index (χ4v) is 3.56. The molecule has 0 bridgehead atoms. The van der Waals surface area contributed by atoms with Gasteiger partial charge < -0.3 is 10.1 Å². The highest BCUT2D eigenvalue weighted by Gasteiger charge is 2.18. The standard InChI is InChI=1S/C14H18N2O2S2/c1-5-18-13(17)12-10(4)20-14(16-12)15-9(3)11-7-6-8(2)19-11/h6-7,9H,5H2,1-4H3,(H,15,16). The molecule has 4 nitrogen and oxygen atoms in total. The lowest BCUT2D eigenvalue weighted by atomic mass is 10.3. The van der Waals surface area contributed by atoms with Crippen molar-refractivity contribution in [1.82, 2.24) is 4.98 Å². The fourth-order valence-electron chi connectivity index (χ4n) is 1.79. The minimum atomic E-state index is -0.353. The number of rotatable bonds is 5. The summed E-state index contributed by atoms with van der Waals surface area (Å²) in [6, 6.07) is 4.40. The van der Waals surface area contributed by atoms with E-state index in [0.717, 1.165) is 10.0 Å². The highest BCUT2D eigenvalue weighted by molar-refractivity contribution is 7.15. The quantitative estimate of drug-likeness (QED) is 0.842. The molecule has 1 unspecified atom stereocenters. The minimum Gasteiger partial charge on any atom is -0.461 e. The Bertz CT molecular complexity index is 604. The van der Waals surface area contributed by atoms with Crippen molar-refractivity contribution in [3.8, 4) is 0 Å². The molecule has 0 saturated heterocycles. The van der Waals surface area contributed by atoms with Crippen molar-refractivity contribution in [1.29, 1.82) is 0 Å². The second kappa shape index (κ2) is 6.37. The number of nitrogens with one attached hydrogen (secondary N) is 1. The Balaban J connectivity index is 2.10. The molecule has 1 N–H and O–H groups in total. The molecule has 0 aromatic carbocycles. The van der Waals surface area contributed by atoms with Crippen LogP contribution in [0.15, 0.2) is 12.1 Å². The van der Waals surface area contributed by atoms with Crippen molar-refractivity contribution >= 4 is 33.8 Å². The molecule has 2 aromatic rings. The molecular weight excluding hydrogens is 292 g/mol. The molecule has 0 aliphatic heterocycles. The summed E-state index contributed by atoms with van der Waals surface area (Å²) in [4.78, 5) is 19.5. The van der Waals surface area contributed by atoms with Crippen LogP contribution in [0.25, 0.3) is 0 Å². The molecule has 0 radical (unpaired) electrons. The zero-order valence-electron chi connectivity index (χ0n) is 12.0. The van der Waals surface area contributed by atoms with Crippen LogP contribution >= 0.6 is 22.7 Å². The van der Waals surface area contributed by atoms with Gasteiger partial charge in [-0.3, -0.25) is 0 Å². The summed E-state index contributed by atoms with van der Waals surface area (Å²) < 4.78 is 4.99. The van der Waals surface area contributed by atoms with E-state index in [1.54, 1.807) is 18.3 Å². The second-order valence-corrected chi connectivity index (χ2v) is 6.98. The van der Waals surface area contributed by atoms with Crippen molar-refractivity contribution in [3.63, 3.8) is 0 Å². The van der Waals surface area contributed by atoms with E-state index in [2.05, 4.69) is 36.3 Å². The largest absolute Gasteiger partial charge is 0.461 e. The van der Waals surface area contributed by atoms with Gasteiger partial charge >= 0.3 is 5.97 Å². The highest BCUT2D eigenvalue weighted by Crippen LogP contribution is 2.29. The van der Waals surface area contributed by atoms with Crippen molar-refractivity contribution in [2.75, 3.05) is 11.9 Å². The number of thiophene rings is 1. The number of carbonyl (C=O) groups is 1. The van der Waals surface area contributed by atoms with Crippen LogP contribution in [0.3, 0.4) is 0 Å². The van der Waals surface area contributed by atoms with Gasteiger partial charge in [0.2, 0.25) is 0 Å². The molecule has 2 heterocycles. The Morgan fingerprint density at radius 2 is 2.15 bits per heavy atom. The monoisotopic (exact) mass is 310 g/mol. The lowest BCUT2D eigenvalue weighted by Crippen LogP contribution is -2.08.